The molecule has 0 radical (unpaired) electrons. The lowest BCUT2D eigenvalue weighted by atomic mass is 9.84. The first-order valence-electron chi connectivity index (χ1n) is 4.44. The molecule has 1 rings (SSSR count). The SMILES string of the molecule is CCC(C)C1(C)CCCN1. The first-order chi connectivity index (χ1) is 4.69. The maximum Gasteiger partial charge on any atom is 0.0179 e. The molecule has 0 amide bonds. The van der Waals surface area contributed by atoms with Gasteiger partial charge in [-0.2, -0.15) is 0 Å². The Balaban J connectivity index is 2.49. The Labute approximate surface area is 64.2 Å². The normalized spacial score (nSPS) is 36.3. The van der Waals surface area contributed by atoms with Crippen molar-refractivity contribution in [2.75, 3.05) is 6.54 Å². The molecule has 0 aliphatic carbocycles. The smallest absolute Gasteiger partial charge is 0.0179 e. The summed E-state index contributed by atoms with van der Waals surface area (Å²) >= 11 is 0. The predicted molar refractivity (Wildman–Crippen MR) is 45.1 cm³/mol. The molecule has 2 atom stereocenters. The molecule has 0 bridgehead atoms. The summed E-state index contributed by atoms with van der Waals surface area (Å²) in [5.74, 6) is 0.829. The van der Waals surface area contributed by atoms with E-state index in [1.165, 1.54) is 25.8 Å². The van der Waals surface area contributed by atoms with Crippen LogP contribution in [0.25, 0.3) is 0 Å². The van der Waals surface area contributed by atoms with Crippen LogP contribution < -0.4 is 5.32 Å². The van der Waals surface area contributed by atoms with Gasteiger partial charge in [-0.15, -0.1) is 0 Å². The zero-order valence-corrected chi connectivity index (χ0v) is 7.41. The lowest BCUT2D eigenvalue weighted by Gasteiger charge is -2.30. The molecule has 0 aromatic heterocycles. The number of nitrogens with one attached hydrogen (secondary N) is 1. The van der Waals surface area contributed by atoms with Gasteiger partial charge >= 0.3 is 0 Å². The van der Waals surface area contributed by atoms with E-state index < -0.39 is 0 Å². The summed E-state index contributed by atoms with van der Waals surface area (Å²) in [5, 5.41) is 3.58. The van der Waals surface area contributed by atoms with Crippen LogP contribution in [-0.2, 0) is 0 Å². The molecule has 1 heteroatoms. The second kappa shape index (κ2) is 2.91. The molecule has 0 spiro atoms. The Morgan fingerprint density at radius 1 is 1.60 bits per heavy atom. The third kappa shape index (κ3) is 1.34. The lowest BCUT2D eigenvalue weighted by Crippen LogP contribution is -2.42. The highest BCUT2D eigenvalue weighted by Gasteiger charge is 2.32. The van der Waals surface area contributed by atoms with E-state index in [2.05, 4.69) is 26.1 Å². The van der Waals surface area contributed by atoms with Crippen LogP contribution in [0.1, 0.15) is 40.0 Å². The topological polar surface area (TPSA) is 12.0 Å². The Morgan fingerprint density at radius 3 is 2.70 bits per heavy atom. The van der Waals surface area contributed by atoms with Gasteiger partial charge in [0.05, 0.1) is 0 Å². The first-order valence-corrected chi connectivity index (χ1v) is 4.44. The van der Waals surface area contributed by atoms with Gasteiger partial charge in [0.25, 0.3) is 0 Å². The van der Waals surface area contributed by atoms with E-state index in [0.717, 1.165) is 5.92 Å². The van der Waals surface area contributed by atoms with Crippen molar-refractivity contribution in [2.45, 2.75) is 45.6 Å². The Morgan fingerprint density at radius 2 is 2.30 bits per heavy atom. The maximum absolute atomic E-state index is 3.58. The summed E-state index contributed by atoms with van der Waals surface area (Å²) in [6.07, 6.45) is 4.02. The zero-order chi connectivity index (χ0) is 7.61. The highest BCUT2D eigenvalue weighted by Crippen LogP contribution is 2.28. The molecule has 0 aromatic rings. The van der Waals surface area contributed by atoms with E-state index in [1.807, 2.05) is 0 Å². The van der Waals surface area contributed by atoms with Crippen LogP contribution in [0.5, 0.6) is 0 Å². The van der Waals surface area contributed by atoms with Gasteiger partial charge in [-0.1, -0.05) is 20.3 Å². The van der Waals surface area contributed by atoms with Crippen molar-refractivity contribution in [3.8, 4) is 0 Å². The summed E-state index contributed by atoms with van der Waals surface area (Å²) < 4.78 is 0. The third-order valence-electron chi connectivity index (χ3n) is 3.10. The Bertz CT molecular complexity index is 103. The van der Waals surface area contributed by atoms with Crippen LogP contribution in [0.3, 0.4) is 0 Å². The molecule has 1 fully saturated rings. The summed E-state index contributed by atoms with van der Waals surface area (Å²) in [4.78, 5) is 0. The van der Waals surface area contributed by atoms with E-state index in [-0.39, 0.29) is 0 Å². The molecular formula is C9H19N. The minimum Gasteiger partial charge on any atom is -0.311 e. The van der Waals surface area contributed by atoms with Crippen LogP contribution in [0.2, 0.25) is 0 Å². The van der Waals surface area contributed by atoms with Gasteiger partial charge in [0.15, 0.2) is 0 Å². The molecule has 1 heterocycles. The van der Waals surface area contributed by atoms with Gasteiger partial charge in [0.1, 0.15) is 0 Å². The van der Waals surface area contributed by atoms with E-state index in [9.17, 15) is 0 Å². The van der Waals surface area contributed by atoms with Crippen molar-refractivity contribution in [3.05, 3.63) is 0 Å². The van der Waals surface area contributed by atoms with Gasteiger partial charge in [-0.05, 0) is 32.2 Å². The van der Waals surface area contributed by atoms with Gasteiger partial charge < -0.3 is 5.32 Å². The molecule has 1 aliphatic heterocycles. The minimum absolute atomic E-state index is 0.453. The Hall–Kier alpha value is -0.0400. The number of rotatable bonds is 2. The van der Waals surface area contributed by atoms with Gasteiger partial charge in [-0.3, -0.25) is 0 Å². The quantitative estimate of drug-likeness (QED) is 0.621. The van der Waals surface area contributed by atoms with Crippen molar-refractivity contribution in [3.63, 3.8) is 0 Å². The van der Waals surface area contributed by atoms with Crippen LogP contribution in [0.4, 0.5) is 0 Å². The summed E-state index contributed by atoms with van der Waals surface area (Å²) in [7, 11) is 0. The monoisotopic (exact) mass is 141 g/mol. The minimum atomic E-state index is 0.453. The number of hydrogen-bond donors (Lipinski definition) is 1. The summed E-state index contributed by atoms with van der Waals surface area (Å²) in [5.41, 5.74) is 0.453. The standard InChI is InChI=1S/C9H19N/c1-4-8(2)9(3)6-5-7-10-9/h8,10H,4-7H2,1-3H3. The van der Waals surface area contributed by atoms with Crippen LogP contribution in [0.15, 0.2) is 0 Å². The zero-order valence-electron chi connectivity index (χ0n) is 7.41. The van der Waals surface area contributed by atoms with E-state index >= 15 is 0 Å². The van der Waals surface area contributed by atoms with Gasteiger partial charge in [0, 0.05) is 5.54 Å². The Kier molecular flexibility index (Phi) is 2.35. The average Bonchev–Trinajstić information content (AvgIpc) is 2.36. The molecule has 0 aromatic carbocycles. The molecule has 1 N–H and O–H groups in total. The van der Waals surface area contributed by atoms with Crippen molar-refractivity contribution in [2.24, 2.45) is 5.92 Å². The van der Waals surface area contributed by atoms with Crippen molar-refractivity contribution in [1.29, 1.82) is 0 Å². The number of hydrogen-bond acceptors (Lipinski definition) is 1. The molecular weight excluding hydrogens is 122 g/mol. The molecule has 0 saturated carbocycles. The third-order valence-corrected chi connectivity index (χ3v) is 3.10. The second-order valence-corrected chi connectivity index (χ2v) is 3.76. The molecule has 1 aliphatic rings. The summed E-state index contributed by atoms with van der Waals surface area (Å²) in [6, 6.07) is 0. The van der Waals surface area contributed by atoms with E-state index in [4.69, 9.17) is 0 Å². The molecule has 1 nitrogen and oxygen atoms in total. The van der Waals surface area contributed by atoms with Crippen molar-refractivity contribution >= 4 is 0 Å². The molecule has 1 saturated heterocycles. The first kappa shape index (κ1) is 8.06. The fraction of sp³-hybridized carbons (Fsp3) is 1.00. The average molecular weight is 141 g/mol. The van der Waals surface area contributed by atoms with E-state index in [0.29, 0.717) is 5.54 Å². The lowest BCUT2D eigenvalue weighted by molar-refractivity contribution is 0.274. The summed E-state index contributed by atoms with van der Waals surface area (Å²) in [6.45, 7) is 8.20. The van der Waals surface area contributed by atoms with Crippen LogP contribution in [-0.4, -0.2) is 12.1 Å². The van der Waals surface area contributed by atoms with Crippen LogP contribution >= 0.6 is 0 Å². The fourth-order valence-corrected chi connectivity index (χ4v) is 1.79. The van der Waals surface area contributed by atoms with Crippen molar-refractivity contribution in [1.82, 2.24) is 5.32 Å². The van der Waals surface area contributed by atoms with E-state index in [1.54, 1.807) is 0 Å². The van der Waals surface area contributed by atoms with Crippen molar-refractivity contribution < 1.29 is 0 Å². The van der Waals surface area contributed by atoms with Crippen LogP contribution in [0, 0.1) is 5.92 Å². The predicted octanol–water partition coefficient (Wildman–Crippen LogP) is 2.17. The highest BCUT2D eigenvalue weighted by molar-refractivity contribution is 4.92. The van der Waals surface area contributed by atoms with Gasteiger partial charge in [-0.25, -0.2) is 0 Å². The fourth-order valence-electron chi connectivity index (χ4n) is 1.79. The molecule has 2 unspecified atom stereocenters. The molecule has 10 heavy (non-hydrogen) atoms. The van der Waals surface area contributed by atoms with Gasteiger partial charge in [0.2, 0.25) is 0 Å². The maximum atomic E-state index is 3.58. The highest BCUT2D eigenvalue weighted by atomic mass is 15.0. The molecule has 60 valence electrons. The second-order valence-electron chi connectivity index (χ2n) is 3.76. The largest absolute Gasteiger partial charge is 0.311 e.